The molecule has 3 aliphatic rings. The first-order chi connectivity index (χ1) is 14.4. The van der Waals surface area contributed by atoms with Crippen molar-refractivity contribution in [2.75, 3.05) is 45.6 Å². The van der Waals surface area contributed by atoms with E-state index in [0.29, 0.717) is 38.1 Å². The Morgan fingerprint density at radius 2 is 1.63 bits per heavy atom. The van der Waals surface area contributed by atoms with Gasteiger partial charge in [0.1, 0.15) is 0 Å². The zero-order valence-corrected chi connectivity index (χ0v) is 19.5. The summed E-state index contributed by atoms with van der Waals surface area (Å²) in [5.41, 5.74) is 0. The Kier molecular flexibility index (Phi) is 9.41. The van der Waals surface area contributed by atoms with E-state index in [-0.39, 0.29) is 5.91 Å². The summed E-state index contributed by atoms with van der Waals surface area (Å²) in [6.45, 7) is 4.28. The van der Waals surface area contributed by atoms with Crippen molar-refractivity contribution >= 4 is 15.9 Å². The van der Waals surface area contributed by atoms with Gasteiger partial charge < -0.3 is 10.1 Å². The van der Waals surface area contributed by atoms with E-state index in [2.05, 4.69) is 10.2 Å². The fraction of sp³-hybridized carbons (Fsp3) is 0.955. The van der Waals surface area contributed by atoms with Gasteiger partial charge in [-0.3, -0.25) is 9.69 Å². The monoisotopic (exact) mass is 443 g/mol. The van der Waals surface area contributed by atoms with E-state index in [4.69, 9.17) is 4.74 Å². The SMILES string of the molecule is CS(=O)(=O)N1CCC(N(CCNC(=O)CCC2CCCCC2)C2CCOCC2)CC1. The minimum absolute atomic E-state index is 0.180. The molecule has 2 saturated heterocycles. The largest absolute Gasteiger partial charge is 0.381 e. The number of hydrogen-bond acceptors (Lipinski definition) is 5. The molecule has 2 aliphatic heterocycles. The Morgan fingerprint density at radius 1 is 1.00 bits per heavy atom. The minimum atomic E-state index is -3.11. The summed E-state index contributed by atoms with van der Waals surface area (Å²) in [6.07, 6.45) is 13.3. The Hall–Kier alpha value is -0.700. The van der Waals surface area contributed by atoms with Gasteiger partial charge in [-0.15, -0.1) is 0 Å². The number of piperidine rings is 1. The molecule has 30 heavy (non-hydrogen) atoms. The molecule has 1 aliphatic carbocycles. The average Bonchev–Trinajstić information content (AvgIpc) is 2.76. The van der Waals surface area contributed by atoms with Crippen molar-refractivity contribution in [1.82, 2.24) is 14.5 Å². The van der Waals surface area contributed by atoms with Crippen LogP contribution in [0.15, 0.2) is 0 Å². The normalized spacial score (nSPS) is 23.7. The minimum Gasteiger partial charge on any atom is -0.381 e. The molecule has 0 atom stereocenters. The van der Waals surface area contributed by atoms with Crippen LogP contribution < -0.4 is 5.32 Å². The van der Waals surface area contributed by atoms with Gasteiger partial charge >= 0.3 is 0 Å². The summed E-state index contributed by atoms with van der Waals surface area (Å²) < 4.78 is 30.8. The van der Waals surface area contributed by atoms with E-state index in [1.807, 2.05) is 0 Å². The lowest BCUT2D eigenvalue weighted by atomic mass is 9.86. The molecule has 7 nitrogen and oxygen atoms in total. The molecule has 1 saturated carbocycles. The van der Waals surface area contributed by atoms with Crippen LogP contribution in [0, 0.1) is 5.92 Å². The van der Waals surface area contributed by atoms with Gasteiger partial charge in [-0.05, 0) is 38.0 Å². The van der Waals surface area contributed by atoms with Crippen LogP contribution in [0.25, 0.3) is 0 Å². The molecule has 0 aromatic carbocycles. The smallest absolute Gasteiger partial charge is 0.220 e. The summed E-state index contributed by atoms with van der Waals surface area (Å²) >= 11 is 0. The first-order valence-electron chi connectivity index (χ1n) is 12.0. The predicted molar refractivity (Wildman–Crippen MR) is 119 cm³/mol. The van der Waals surface area contributed by atoms with Crippen LogP contribution in [0.1, 0.15) is 70.6 Å². The van der Waals surface area contributed by atoms with E-state index in [1.165, 1.54) is 38.4 Å². The number of nitrogens with one attached hydrogen (secondary N) is 1. The molecule has 0 bridgehead atoms. The third kappa shape index (κ3) is 7.46. The highest BCUT2D eigenvalue weighted by Gasteiger charge is 2.32. The van der Waals surface area contributed by atoms with Crippen LogP contribution in [0.5, 0.6) is 0 Å². The number of hydrogen-bond donors (Lipinski definition) is 1. The second-order valence-corrected chi connectivity index (χ2v) is 11.3. The maximum absolute atomic E-state index is 12.4. The zero-order chi connectivity index (χ0) is 21.4. The molecule has 0 radical (unpaired) electrons. The highest BCUT2D eigenvalue weighted by atomic mass is 32.2. The molecule has 0 spiro atoms. The van der Waals surface area contributed by atoms with Gasteiger partial charge in [0.25, 0.3) is 0 Å². The molecule has 174 valence electrons. The summed E-state index contributed by atoms with van der Waals surface area (Å²) in [7, 11) is -3.11. The van der Waals surface area contributed by atoms with Crippen molar-refractivity contribution in [3.05, 3.63) is 0 Å². The first kappa shape index (κ1) is 24.0. The summed E-state index contributed by atoms with van der Waals surface area (Å²) in [4.78, 5) is 14.9. The van der Waals surface area contributed by atoms with Crippen molar-refractivity contribution in [2.45, 2.75) is 82.7 Å². The molecule has 1 amide bonds. The van der Waals surface area contributed by atoms with Crippen LogP contribution >= 0.6 is 0 Å². The molecule has 0 aromatic rings. The van der Waals surface area contributed by atoms with Gasteiger partial charge in [0.15, 0.2) is 0 Å². The molecule has 1 N–H and O–H groups in total. The fourth-order valence-corrected chi connectivity index (χ4v) is 6.28. The van der Waals surface area contributed by atoms with Crippen molar-refractivity contribution in [2.24, 2.45) is 5.92 Å². The van der Waals surface area contributed by atoms with Crippen LogP contribution in [-0.4, -0.2) is 81.3 Å². The topological polar surface area (TPSA) is 79.0 Å². The van der Waals surface area contributed by atoms with Gasteiger partial charge in [0.05, 0.1) is 6.26 Å². The lowest BCUT2D eigenvalue weighted by Crippen LogP contribution is -2.53. The van der Waals surface area contributed by atoms with Gasteiger partial charge in [0, 0.05) is 57.9 Å². The lowest BCUT2D eigenvalue weighted by Gasteiger charge is -2.43. The third-order valence-electron chi connectivity index (χ3n) is 7.22. The number of sulfonamides is 1. The quantitative estimate of drug-likeness (QED) is 0.592. The second-order valence-electron chi connectivity index (χ2n) is 9.37. The number of rotatable bonds is 9. The van der Waals surface area contributed by atoms with E-state index in [9.17, 15) is 13.2 Å². The number of nitrogens with zero attached hydrogens (tertiary/aromatic N) is 2. The molecule has 8 heteroatoms. The standard InChI is InChI=1S/C22H41N3O4S/c1-30(27,28)24-14-9-20(10-15-24)25(21-11-17-29-18-12-21)16-13-23-22(26)8-7-19-5-3-2-4-6-19/h19-21H,2-18H2,1H3,(H,23,26). The predicted octanol–water partition coefficient (Wildman–Crippen LogP) is 2.37. The number of carbonyl (C=O) groups is 1. The third-order valence-corrected chi connectivity index (χ3v) is 8.52. The van der Waals surface area contributed by atoms with Crippen LogP contribution in [0.2, 0.25) is 0 Å². The van der Waals surface area contributed by atoms with Crippen molar-refractivity contribution in [1.29, 1.82) is 0 Å². The van der Waals surface area contributed by atoms with Crippen LogP contribution in [-0.2, 0) is 19.6 Å². The van der Waals surface area contributed by atoms with Gasteiger partial charge in [-0.1, -0.05) is 32.1 Å². The van der Waals surface area contributed by atoms with E-state index in [1.54, 1.807) is 4.31 Å². The molecule has 3 fully saturated rings. The van der Waals surface area contributed by atoms with Crippen molar-refractivity contribution in [3.63, 3.8) is 0 Å². The van der Waals surface area contributed by atoms with E-state index in [0.717, 1.165) is 57.8 Å². The fourth-order valence-electron chi connectivity index (χ4n) is 5.41. The van der Waals surface area contributed by atoms with E-state index >= 15 is 0 Å². The molecule has 3 rings (SSSR count). The summed E-state index contributed by atoms with van der Waals surface area (Å²) in [5, 5.41) is 3.15. The first-order valence-corrected chi connectivity index (χ1v) is 13.8. The van der Waals surface area contributed by atoms with E-state index < -0.39 is 10.0 Å². The maximum Gasteiger partial charge on any atom is 0.220 e. The van der Waals surface area contributed by atoms with Gasteiger partial charge in [-0.2, -0.15) is 0 Å². The lowest BCUT2D eigenvalue weighted by molar-refractivity contribution is -0.121. The van der Waals surface area contributed by atoms with Crippen LogP contribution in [0.3, 0.4) is 0 Å². The van der Waals surface area contributed by atoms with Crippen molar-refractivity contribution in [3.8, 4) is 0 Å². The number of carbonyl (C=O) groups excluding carboxylic acids is 1. The van der Waals surface area contributed by atoms with Gasteiger partial charge in [0.2, 0.25) is 15.9 Å². The average molecular weight is 444 g/mol. The molecular weight excluding hydrogens is 402 g/mol. The Morgan fingerprint density at radius 3 is 2.27 bits per heavy atom. The Balaban J connectivity index is 1.45. The summed E-state index contributed by atoms with van der Waals surface area (Å²) in [5.74, 6) is 0.919. The van der Waals surface area contributed by atoms with Crippen molar-refractivity contribution < 1.29 is 17.9 Å². The zero-order valence-electron chi connectivity index (χ0n) is 18.7. The van der Waals surface area contributed by atoms with Gasteiger partial charge in [-0.25, -0.2) is 12.7 Å². The second kappa shape index (κ2) is 11.8. The van der Waals surface area contributed by atoms with Crippen LogP contribution in [0.4, 0.5) is 0 Å². The molecule has 2 heterocycles. The maximum atomic E-state index is 12.4. The Labute approximate surface area is 182 Å². The molecule has 0 aromatic heterocycles. The number of amides is 1. The highest BCUT2D eigenvalue weighted by molar-refractivity contribution is 7.88. The Bertz CT molecular complexity index is 622. The molecular formula is C22H41N3O4S. The summed E-state index contributed by atoms with van der Waals surface area (Å²) in [6, 6.07) is 0.845. The number of ether oxygens (including phenoxy) is 1. The highest BCUT2D eigenvalue weighted by Crippen LogP contribution is 2.27. The molecule has 0 unspecified atom stereocenters.